The van der Waals surface area contributed by atoms with Gasteiger partial charge in [0.25, 0.3) is 5.91 Å². The first-order valence-electron chi connectivity index (χ1n) is 10.0. The highest BCUT2D eigenvalue weighted by molar-refractivity contribution is 5.99. The summed E-state index contributed by atoms with van der Waals surface area (Å²) in [7, 11) is 0. The second-order valence-corrected chi connectivity index (χ2v) is 7.02. The summed E-state index contributed by atoms with van der Waals surface area (Å²) in [5.41, 5.74) is 6.68. The van der Waals surface area contributed by atoms with Crippen LogP contribution in [0.15, 0.2) is 34.7 Å². The number of carbonyl (C=O) groups is 3. The Balaban J connectivity index is 1.57. The molecule has 2 aromatic rings. The molecule has 30 heavy (non-hydrogen) atoms. The number of nitrogens with zero attached hydrogens (tertiary/aromatic N) is 2. The van der Waals surface area contributed by atoms with Gasteiger partial charge in [-0.15, -0.1) is 0 Å². The van der Waals surface area contributed by atoms with E-state index in [0.717, 1.165) is 24.3 Å². The lowest BCUT2D eigenvalue weighted by molar-refractivity contribution is 0.0829. The Labute approximate surface area is 175 Å². The Morgan fingerprint density at radius 3 is 2.50 bits per heavy atom. The summed E-state index contributed by atoms with van der Waals surface area (Å²) in [5.74, 6) is -0.175. The lowest BCUT2D eigenvalue weighted by atomic mass is 10.1. The molecule has 1 aromatic carbocycles. The second-order valence-electron chi connectivity index (χ2n) is 7.02. The maximum Gasteiger partial charge on any atom is 0.322 e. The molecule has 1 aromatic heterocycles. The van der Waals surface area contributed by atoms with E-state index in [2.05, 4.69) is 34.9 Å². The van der Waals surface area contributed by atoms with Crippen molar-refractivity contribution in [3.8, 4) is 0 Å². The molecule has 0 radical (unpaired) electrons. The summed E-state index contributed by atoms with van der Waals surface area (Å²) in [5, 5.41) is 2.75. The molecule has 0 bridgehead atoms. The van der Waals surface area contributed by atoms with Gasteiger partial charge in [0.05, 0.1) is 6.54 Å². The molecule has 0 saturated carbocycles. The number of hydrogen-bond acceptors (Lipinski definition) is 5. The van der Waals surface area contributed by atoms with Gasteiger partial charge >= 0.3 is 11.9 Å². The molecule has 4 amide bonds. The zero-order chi connectivity index (χ0) is 21.7. The number of aryl methyl sites for hydroxylation is 1. The van der Waals surface area contributed by atoms with Crippen LogP contribution in [0.25, 0.3) is 0 Å². The molecule has 160 valence electrons. The largest absolute Gasteiger partial charge is 0.454 e. The Morgan fingerprint density at radius 2 is 1.87 bits per heavy atom. The number of benzene rings is 1. The molecule has 2 heterocycles. The van der Waals surface area contributed by atoms with E-state index in [0.29, 0.717) is 31.0 Å². The van der Waals surface area contributed by atoms with Gasteiger partial charge in [0.15, 0.2) is 5.76 Å². The van der Waals surface area contributed by atoms with Crippen molar-refractivity contribution in [2.24, 2.45) is 0 Å². The van der Waals surface area contributed by atoms with E-state index in [9.17, 15) is 14.4 Å². The lowest BCUT2D eigenvalue weighted by Gasteiger charge is -2.17. The summed E-state index contributed by atoms with van der Waals surface area (Å²) >= 11 is 0. The van der Waals surface area contributed by atoms with Crippen LogP contribution in [0.4, 0.5) is 10.5 Å². The topological polar surface area (TPSA) is 107 Å². The van der Waals surface area contributed by atoms with Gasteiger partial charge in [-0.1, -0.05) is 13.8 Å². The fraction of sp³-hybridized carbons (Fsp3) is 0.381. The first-order valence-corrected chi connectivity index (χ1v) is 10.0. The predicted octanol–water partition coefficient (Wildman–Crippen LogP) is 2.03. The SMILES string of the molecule is CCN(CC)Cc1ccc(C(=O)NNC(=O)c2ccc(N3CCNC3=O)c(C)c2)o1. The quantitative estimate of drug-likeness (QED) is 0.602. The van der Waals surface area contributed by atoms with Gasteiger partial charge in [-0.3, -0.25) is 30.2 Å². The lowest BCUT2D eigenvalue weighted by Crippen LogP contribution is -2.41. The molecule has 1 aliphatic heterocycles. The highest BCUT2D eigenvalue weighted by Crippen LogP contribution is 2.22. The molecule has 0 spiro atoms. The van der Waals surface area contributed by atoms with E-state index in [1.807, 2.05) is 6.92 Å². The maximum absolute atomic E-state index is 12.4. The molecule has 3 rings (SSSR count). The van der Waals surface area contributed by atoms with Crippen LogP contribution in [0.3, 0.4) is 0 Å². The van der Waals surface area contributed by atoms with Gasteiger partial charge < -0.3 is 9.73 Å². The summed E-state index contributed by atoms with van der Waals surface area (Å²) in [6.45, 7) is 9.51. The maximum atomic E-state index is 12.4. The molecule has 1 aliphatic rings. The van der Waals surface area contributed by atoms with Crippen LogP contribution >= 0.6 is 0 Å². The van der Waals surface area contributed by atoms with Crippen molar-refractivity contribution in [1.82, 2.24) is 21.1 Å². The molecule has 0 aliphatic carbocycles. The van der Waals surface area contributed by atoms with Crippen molar-refractivity contribution in [1.29, 1.82) is 0 Å². The van der Waals surface area contributed by atoms with Crippen molar-refractivity contribution in [2.45, 2.75) is 27.3 Å². The van der Waals surface area contributed by atoms with Crippen LogP contribution < -0.4 is 21.1 Å². The van der Waals surface area contributed by atoms with Gasteiger partial charge in [-0.25, -0.2) is 4.79 Å². The van der Waals surface area contributed by atoms with E-state index >= 15 is 0 Å². The Hall–Kier alpha value is -3.33. The van der Waals surface area contributed by atoms with Gasteiger partial charge in [-0.05, 0) is 55.9 Å². The summed E-state index contributed by atoms with van der Waals surface area (Å²) in [4.78, 5) is 40.3. The van der Waals surface area contributed by atoms with Crippen molar-refractivity contribution < 1.29 is 18.8 Å². The number of nitrogens with one attached hydrogen (secondary N) is 3. The number of urea groups is 1. The van der Waals surface area contributed by atoms with Crippen LogP contribution in [-0.4, -0.2) is 48.9 Å². The number of rotatable bonds is 7. The molecule has 0 atom stereocenters. The molecule has 9 heteroatoms. The Kier molecular flexibility index (Phi) is 6.73. The number of furan rings is 1. The second kappa shape index (κ2) is 9.45. The smallest absolute Gasteiger partial charge is 0.322 e. The Bertz CT molecular complexity index is 935. The number of amides is 4. The third-order valence-corrected chi connectivity index (χ3v) is 5.06. The highest BCUT2D eigenvalue weighted by atomic mass is 16.4. The minimum absolute atomic E-state index is 0.129. The monoisotopic (exact) mass is 413 g/mol. The van der Waals surface area contributed by atoms with Crippen LogP contribution in [0.5, 0.6) is 0 Å². The van der Waals surface area contributed by atoms with Crippen molar-refractivity contribution in [3.63, 3.8) is 0 Å². The highest BCUT2D eigenvalue weighted by Gasteiger charge is 2.23. The first kappa shape index (κ1) is 21.4. The minimum Gasteiger partial charge on any atom is -0.454 e. The zero-order valence-electron chi connectivity index (χ0n) is 17.4. The van der Waals surface area contributed by atoms with E-state index in [1.165, 1.54) is 0 Å². The van der Waals surface area contributed by atoms with Gasteiger partial charge in [0.2, 0.25) is 0 Å². The van der Waals surface area contributed by atoms with Crippen LogP contribution in [0.2, 0.25) is 0 Å². The normalized spacial score (nSPS) is 13.5. The van der Waals surface area contributed by atoms with Gasteiger partial charge in [0, 0.05) is 24.3 Å². The zero-order valence-corrected chi connectivity index (χ0v) is 17.4. The third-order valence-electron chi connectivity index (χ3n) is 5.06. The minimum atomic E-state index is -0.531. The van der Waals surface area contributed by atoms with E-state index in [4.69, 9.17) is 4.42 Å². The van der Waals surface area contributed by atoms with E-state index < -0.39 is 11.8 Å². The van der Waals surface area contributed by atoms with Gasteiger partial charge in [-0.2, -0.15) is 0 Å². The standard InChI is InChI=1S/C21H27N5O4/c1-4-25(5-2)13-16-7-9-18(30-16)20(28)24-23-19(27)15-6-8-17(14(3)12-15)26-11-10-22-21(26)29/h6-9,12H,4-5,10-11,13H2,1-3H3,(H,22,29)(H,23,27)(H,24,28). The molecule has 3 N–H and O–H groups in total. The van der Waals surface area contributed by atoms with Crippen molar-refractivity contribution in [3.05, 3.63) is 53.0 Å². The number of hydrazine groups is 1. The summed E-state index contributed by atoms with van der Waals surface area (Å²) in [6.07, 6.45) is 0. The van der Waals surface area contributed by atoms with Gasteiger partial charge in [0.1, 0.15) is 5.76 Å². The van der Waals surface area contributed by atoms with E-state index in [1.54, 1.807) is 35.2 Å². The molecule has 0 unspecified atom stereocenters. The Morgan fingerprint density at radius 1 is 1.13 bits per heavy atom. The molecule has 1 fully saturated rings. The number of anilines is 1. The molecular weight excluding hydrogens is 386 g/mol. The van der Waals surface area contributed by atoms with Crippen LogP contribution in [0.1, 0.15) is 46.1 Å². The number of carbonyl (C=O) groups excluding carboxylic acids is 3. The van der Waals surface area contributed by atoms with Crippen molar-refractivity contribution in [2.75, 3.05) is 31.1 Å². The van der Waals surface area contributed by atoms with Crippen LogP contribution in [0, 0.1) is 6.92 Å². The van der Waals surface area contributed by atoms with E-state index in [-0.39, 0.29) is 11.8 Å². The molecular formula is C21H27N5O4. The predicted molar refractivity (Wildman–Crippen MR) is 112 cm³/mol. The summed E-state index contributed by atoms with van der Waals surface area (Å²) in [6, 6.07) is 8.21. The fourth-order valence-corrected chi connectivity index (χ4v) is 3.30. The first-order chi connectivity index (χ1) is 14.4. The average Bonchev–Trinajstić information content (AvgIpc) is 3.39. The molecule has 9 nitrogen and oxygen atoms in total. The summed E-state index contributed by atoms with van der Waals surface area (Å²) < 4.78 is 5.57. The van der Waals surface area contributed by atoms with Crippen molar-refractivity contribution >= 4 is 23.5 Å². The average molecular weight is 413 g/mol. The third kappa shape index (κ3) is 4.80. The fourth-order valence-electron chi connectivity index (χ4n) is 3.30. The number of hydrogen-bond donors (Lipinski definition) is 3. The van der Waals surface area contributed by atoms with Crippen LogP contribution in [-0.2, 0) is 6.54 Å². The molecule has 1 saturated heterocycles.